The van der Waals surface area contributed by atoms with Crippen LogP contribution in [-0.4, -0.2) is 36.4 Å². The molecule has 0 spiro atoms. The Balaban J connectivity index is 3.54. The minimum atomic E-state index is -0.782. The number of carbonyl (C=O) groups excluding carboxylic acids is 2. The maximum Gasteiger partial charge on any atom is 0.306 e. The first-order valence-electron chi connectivity index (χ1n) is 26.5. The molecule has 0 saturated carbocycles. The number of hydrogen-bond acceptors (Lipinski definition) is 5. The minimum Gasteiger partial charge on any atom is -0.462 e. The zero-order valence-corrected chi connectivity index (χ0v) is 40.9. The Hall–Kier alpha value is -2.66. The van der Waals surface area contributed by atoms with Gasteiger partial charge in [-0.15, -0.1) is 0 Å². The Morgan fingerprint density at radius 1 is 0.371 bits per heavy atom. The van der Waals surface area contributed by atoms with Gasteiger partial charge in [-0.05, 0) is 89.9 Å². The van der Waals surface area contributed by atoms with E-state index in [2.05, 4.69) is 86.8 Å². The summed E-state index contributed by atoms with van der Waals surface area (Å²) in [4.78, 5) is 24.5. The highest BCUT2D eigenvalue weighted by Crippen LogP contribution is 2.15. The molecule has 0 heterocycles. The third-order valence-corrected chi connectivity index (χ3v) is 11.5. The molecule has 0 aromatic heterocycles. The van der Waals surface area contributed by atoms with Crippen molar-refractivity contribution in [3.05, 3.63) is 72.9 Å². The highest BCUT2D eigenvalue weighted by molar-refractivity contribution is 5.70. The Kier molecular flexibility index (Phi) is 50.4. The maximum atomic E-state index is 12.3. The van der Waals surface area contributed by atoms with Crippen LogP contribution in [0.4, 0.5) is 0 Å². The van der Waals surface area contributed by atoms with E-state index in [9.17, 15) is 14.7 Å². The van der Waals surface area contributed by atoms with Crippen molar-refractivity contribution in [3.8, 4) is 0 Å². The van der Waals surface area contributed by atoms with Gasteiger partial charge in [0.1, 0.15) is 6.61 Å². The number of allylic oxidation sites excluding steroid dienone is 12. The molecule has 0 aliphatic rings. The predicted octanol–water partition coefficient (Wildman–Crippen LogP) is 17.6. The van der Waals surface area contributed by atoms with Crippen molar-refractivity contribution >= 4 is 11.9 Å². The number of hydrogen-bond donors (Lipinski definition) is 1. The van der Waals surface area contributed by atoms with E-state index >= 15 is 0 Å². The van der Waals surface area contributed by atoms with E-state index in [1.807, 2.05) is 0 Å². The molecule has 0 saturated heterocycles. The lowest BCUT2D eigenvalue weighted by molar-refractivity contribution is -0.161. The number of esters is 2. The van der Waals surface area contributed by atoms with Crippen molar-refractivity contribution < 1.29 is 24.2 Å². The average molecular weight is 865 g/mol. The van der Waals surface area contributed by atoms with E-state index in [1.165, 1.54) is 161 Å². The number of aliphatic hydroxyl groups is 1. The molecular weight excluding hydrogens is 765 g/mol. The minimum absolute atomic E-state index is 0.0754. The van der Waals surface area contributed by atoms with Crippen LogP contribution in [0.5, 0.6) is 0 Å². The average Bonchev–Trinajstić information content (AvgIpc) is 3.28. The van der Waals surface area contributed by atoms with Crippen LogP contribution < -0.4 is 0 Å². The second-order valence-corrected chi connectivity index (χ2v) is 17.6. The van der Waals surface area contributed by atoms with E-state index < -0.39 is 6.10 Å². The second-order valence-electron chi connectivity index (χ2n) is 17.6. The van der Waals surface area contributed by atoms with Crippen LogP contribution in [0, 0.1) is 0 Å². The van der Waals surface area contributed by atoms with Crippen LogP contribution in [0.2, 0.25) is 0 Å². The fourth-order valence-electron chi connectivity index (χ4n) is 7.45. The molecular formula is C57H100O5. The van der Waals surface area contributed by atoms with Crippen molar-refractivity contribution in [3.63, 3.8) is 0 Å². The summed E-state index contributed by atoms with van der Waals surface area (Å²) in [5, 5.41) is 9.63. The summed E-state index contributed by atoms with van der Waals surface area (Å²) in [6.07, 6.45) is 71.4. The first kappa shape index (κ1) is 59.3. The molecule has 0 amide bonds. The molecule has 0 aliphatic carbocycles. The third kappa shape index (κ3) is 50.0. The largest absolute Gasteiger partial charge is 0.462 e. The highest BCUT2D eigenvalue weighted by atomic mass is 16.6. The fraction of sp³-hybridized carbons (Fsp3) is 0.754. The molecule has 0 radical (unpaired) electrons. The monoisotopic (exact) mass is 865 g/mol. The van der Waals surface area contributed by atoms with Gasteiger partial charge in [0.15, 0.2) is 6.10 Å². The molecule has 0 bridgehead atoms. The molecule has 1 atom stereocenters. The van der Waals surface area contributed by atoms with Gasteiger partial charge in [0, 0.05) is 12.8 Å². The molecule has 1 N–H and O–H groups in total. The van der Waals surface area contributed by atoms with E-state index in [0.29, 0.717) is 12.8 Å². The summed E-state index contributed by atoms with van der Waals surface area (Å²) in [6, 6.07) is 0. The normalized spacial score (nSPS) is 12.8. The van der Waals surface area contributed by atoms with E-state index in [1.54, 1.807) is 0 Å². The smallest absolute Gasteiger partial charge is 0.306 e. The molecule has 5 nitrogen and oxygen atoms in total. The Morgan fingerprint density at radius 3 is 0.968 bits per heavy atom. The van der Waals surface area contributed by atoms with Crippen LogP contribution in [0.15, 0.2) is 72.9 Å². The van der Waals surface area contributed by atoms with Gasteiger partial charge in [0.25, 0.3) is 0 Å². The van der Waals surface area contributed by atoms with Gasteiger partial charge in [-0.25, -0.2) is 0 Å². The number of carbonyl (C=O) groups is 2. The van der Waals surface area contributed by atoms with Gasteiger partial charge in [-0.3, -0.25) is 9.59 Å². The molecule has 0 rings (SSSR count). The van der Waals surface area contributed by atoms with Crippen LogP contribution >= 0.6 is 0 Å². The van der Waals surface area contributed by atoms with Gasteiger partial charge in [-0.2, -0.15) is 0 Å². The van der Waals surface area contributed by atoms with Crippen molar-refractivity contribution in [2.45, 2.75) is 264 Å². The number of unbranched alkanes of at least 4 members (excludes halogenated alkanes) is 28. The summed E-state index contributed by atoms with van der Waals surface area (Å²) in [7, 11) is 0. The van der Waals surface area contributed by atoms with Crippen molar-refractivity contribution in [2.24, 2.45) is 0 Å². The quantitative estimate of drug-likeness (QED) is 0.0375. The lowest BCUT2D eigenvalue weighted by atomic mass is 10.0. The summed E-state index contributed by atoms with van der Waals surface area (Å²) < 4.78 is 10.7. The molecule has 5 heteroatoms. The zero-order valence-electron chi connectivity index (χ0n) is 40.9. The standard InChI is InChI=1S/C57H100O5/c1-3-5-7-9-11-13-15-17-19-21-23-25-26-27-28-29-30-32-34-36-38-40-42-44-46-48-50-52-57(60)62-55(53-58)54-61-56(59)51-49-47-45-43-41-39-37-35-33-31-24-22-20-18-16-14-12-10-8-6-4-2/h15-18,21-24,26-27,33,35,55,58H,3-14,19-20,25,28-32,34,36-54H2,1-2H3/b17-15-,18-16-,23-21-,24-22-,27-26-,35-33-. The number of rotatable bonds is 48. The van der Waals surface area contributed by atoms with Crippen molar-refractivity contribution in [1.29, 1.82) is 0 Å². The third-order valence-electron chi connectivity index (χ3n) is 11.5. The summed E-state index contributed by atoms with van der Waals surface area (Å²) >= 11 is 0. The van der Waals surface area contributed by atoms with Crippen LogP contribution in [0.1, 0.15) is 258 Å². The summed E-state index contributed by atoms with van der Waals surface area (Å²) in [5.74, 6) is -0.604. The second kappa shape index (κ2) is 52.7. The van der Waals surface area contributed by atoms with E-state index in [4.69, 9.17) is 9.47 Å². The maximum absolute atomic E-state index is 12.3. The fourth-order valence-corrected chi connectivity index (χ4v) is 7.45. The van der Waals surface area contributed by atoms with Gasteiger partial charge < -0.3 is 14.6 Å². The van der Waals surface area contributed by atoms with E-state index in [0.717, 1.165) is 70.6 Å². The lowest BCUT2D eigenvalue weighted by Gasteiger charge is -2.15. The van der Waals surface area contributed by atoms with Crippen LogP contribution in [0.3, 0.4) is 0 Å². The first-order valence-corrected chi connectivity index (χ1v) is 26.5. The SMILES string of the molecule is CCCCCCC/C=C\C/C=C\C/C=C\CCCCCCCCCCCCCCC(=O)OC(CO)COC(=O)CCCCCCCC/C=C\C/C=C\C/C=C\CCCCCCC. The van der Waals surface area contributed by atoms with Gasteiger partial charge in [-0.1, -0.05) is 228 Å². The van der Waals surface area contributed by atoms with Gasteiger partial charge >= 0.3 is 11.9 Å². The lowest BCUT2D eigenvalue weighted by Crippen LogP contribution is -2.28. The molecule has 0 fully saturated rings. The molecule has 358 valence electrons. The van der Waals surface area contributed by atoms with Crippen molar-refractivity contribution in [2.75, 3.05) is 13.2 Å². The molecule has 62 heavy (non-hydrogen) atoms. The molecule has 1 unspecified atom stereocenters. The Morgan fingerprint density at radius 2 is 0.645 bits per heavy atom. The van der Waals surface area contributed by atoms with Crippen LogP contribution in [-0.2, 0) is 19.1 Å². The number of aliphatic hydroxyl groups excluding tert-OH is 1. The Bertz CT molecular complexity index is 1110. The highest BCUT2D eigenvalue weighted by Gasteiger charge is 2.16. The van der Waals surface area contributed by atoms with Gasteiger partial charge in [0.05, 0.1) is 6.61 Å². The van der Waals surface area contributed by atoms with E-state index in [-0.39, 0.29) is 25.2 Å². The summed E-state index contributed by atoms with van der Waals surface area (Å²) in [5.41, 5.74) is 0. The Labute approximate surface area is 384 Å². The molecule has 0 aliphatic heterocycles. The zero-order chi connectivity index (χ0) is 44.9. The van der Waals surface area contributed by atoms with Crippen LogP contribution in [0.25, 0.3) is 0 Å². The number of ether oxygens (including phenoxy) is 2. The first-order chi connectivity index (χ1) is 30.6. The van der Waals surface area contributed by atoms with Gasteiger partial charge in [0.2, 0.25) is 0 Å². The van der Waals surface area contributed by atoms with Crippen molar-refractivity contribution in [1.82, 2.24) is 0 Å². The molecule has 0 aromatic carbocycles. The molecule has 0 aromatic rings. The predicted molar refractivity (Wildman–Crippen MR) is 270 cm³/mol. The topological polar surface area (TPSA) is 72.8 Å². The summed E-state index contributed by atoms with van der Waals surface area (Å²) in [6.45, 7) is 4.12.